The normalized spacial score (nSPS) is 24.0. The van der Waals surface area contributed by atoms with Crippen molar-refractivity contribution in [3.05, 3.63) is 82.7 Å². The van der Waals surface area contributed by atoms with Crippen molar-refractivity contribution in [2.45, 2.75) is 55.5 Å². The Bertz CT molecular complexity index is 1590. The van der Waals surface area contributed by atoms with Crippen molar-refractivity contribution < 1.29 is 23.2 Å². The molecule has 0 bridgehead atoms. The minimum absolute atomic E-state index is 0.106. The molecule has 1 saturated carbocycles. The van der Waals surface area contributed by atoms with Gasteiger partial charge < -0.3 is 20.9 Å². The van der Waals surface area contributed by atoms with E-state index in [4.69, 9.17) is 0 Å². The van der Waals surface area contributed by atoms with E-state index in [1.54, 1.807) is 18.5 Å². The number of benzene rings is 1. The van der Waals surface area contributed by atoms with Gasteiger partial charge in [-0.2, -0.15) is 0 Å². The molecular weight excluding hydrogens is 530 g/mol. The molecule has 3 N–H and O–H groups in total. The number of aromatic nitrogens is 2. The van der Waals surface area contributed by atoms with Crippen LogP contribution in [0.4, 0.5) is 20.4 Å². The lowest BCUT2D eigenvalue weighted by Gasteiger charge is -2.45. The molecule has 4 aliphatic rings. The van der Waals surface area contributed by atoms with Crippen LogP contribution in [0.2, 0.25) is 0 Å². The molecule has 1 saturated heterocycles. The first-order valence-electron chi connectivity index (χ1n) is 13.8. The Balaban J connectivity index is 1.12. The SMILES string of the molecule is O=C(CN1C(=O)C2(CCCC2)NCC1c1cc(F)cc(F)c1)Nc1cc2c(cn1)CC1(C2)C(=O)Nc2ncccc21. The summed E-state index contributed by atoms with van der Waals surface area (Å²) in [4.78, 5) is 50.2. The van der Waals surface area contributed by atoms with Crippen LogP contribution < -0.4 is 16.0 Å². The molecule has 1 aromatic carbocycles. The van der Waals surface area contributed by atoms with Crippen LogP contribution in [0, 0.1) is 11.6 Å². The highest BCUT2D eigenvalue weighted by Crippen LogP contribution is 2.46. The zero-order valence-corrected chi connectivity index (χ0v) is 22.2. The summed E-state index contributed by atoms with van der Waals surface area (Å²) in [5, 5.41) is 9.00. The monoisotopic (exact) mass is 558 g/mol. The van der Waals surface area contributed by atoms with Crippen LogP contribution >= 0.6 is 0 Å². The standard InChI is InChI=1S/C30H28F2N6O3/c31-20-8-17(9-21(32)11-20)23-15-35-30(5-1-2-6-30)28(41)38(23)16-25(39)36-24-10-18-12-29(13-19(18)14-34-24)22-4-3-7-33-26(22)37-27(29)40/h3-4,7-11,14,23,35H,1-2,5-6,12-13,15-16H2,(H,33,37,40)(H,34,36,39). The minimum atomic E-state index is -0.768. The van der Waals surface area contributed by atoms with Gasteiger partial charge in [-0.25, -0.2) is 18.7 Å². The minimum Gasteiger partial charge on any atom is -0.323 e. The second kappa shape index (κ2) is 9.41. The van der Waals surface area contributed by atoms with E-state index in [1.165, 1.54) is 17.0 Å². The largest absolute Gasteiger partial charge is 0.323 e. The van der Waals surface area contributed by atoms with Crippen molar-refractivity contribution in [3.63, 3.8) is 0 Å². The molecule has 210 valence electrons. The van der Waals surface area contributed by atoms with Crippen molar-refractivity contribution in [1.82, 2.24) is 20.2 Å². The van der Waals surface area contributed by atoms with E-state index < -0.39 is 34.5 Å². The number of pyridine rings is 2. The summed E-state index contributed by atoms with van der Waals surface area (Å²) in [6, 6.07) is 7.95. The van der Waals surface area contributed by atoms with Crippen LogP contribution in [-0.2, 0) is 32.6 Å². The molecule has 2 aromatic heterocycles. The lowest BCUT2D eigenvalue weighted by molar-refractivity contribution is -0.147. The maximum Gasteiger partial charge on any atom is 0.245 e. The molecule has 7 rings (SSSR count). The number of piperazine rings is 1. The second-order valence-corrected chi connectivity index (χ2v) is 11.5. The van der Waals surface area contributed by atoms with E-state index in [0.717, 1.165) is 35.6 Å². The summed E-state index contributed by atoms with van der Waals surface area (Å²) in [6.45, 7) is -0.0191. The number of fused-ring (bicyclic) bond motifs is 3. The van der Waals surface area contributed by atoms with E-state index in [-0.39, 0.29) is 30.5 Å². The van der Waals surface area contributed by atoms with Crippen LogP contribution in [0.5, 0.6) is 0 Å². The van der Waals surface area contributed by atoms with Gasteiger partial charge in [0.1, 0.15) is 29.8 Å². The van der Waals surface area contributed by atoms with Crippen LogP contribution in [0.1, 0.15) is 54.0 Å². The molecule has 2 aliphatic carbocycles. The molecule has 3 aromatic rings. The lowest BCUT2D eigenvalue weighted by atomic mass is 9.79. The van der Waals surface area contributed by atoms with Gasteiger partial charge in [0.25, 0.3) is 0 Å². The van der Waals surface area contributed by atoms with Gasteiger partial charge in [-0.05, 0) is 66.6 Å². The Kier molecular flexibility index (Phi) is 5.90. The predicted molar refractivity (Wildman–Crippen MR) is 145 cm³/mol. The molecular formula is C30H28F2N6O3. The van der Waals surface area contributed by atoms with E-state index >= 15 is 0 Å². The summed E-state index contributed by atoms with van der Waals surface area (Å²) >= 11 is 0. The molecule has 9 nitrogen and oxygen atoms in total. The number of halogens is 2. The average molecular weight is 559 g/mol. The molecule has 2 fully saturated rings. The molecule has 2 aliphatic heterocycles. The Morgan fingerprint density at radius 3 is 2.59 bits per heavy atom. The maximum absolute atomic E-state index is 14.1. The van der Waals surface area contributed by atoms with Crippen LogP contribution in [0.3, 0.4) is 0 Å². The number of hydrogen-bond acceptors (Lipinski definition) is 6. The molecule has 41 heavy (non-hydrogen) atoms. The van der Waals surface area contributed by atoms with Gasteiger partial charge >= 0.3 is 0 Å². The summed E-state index contributed by atoms with van der Waals surface area (Å²) in [7, 11) is 0. The van der Waals surface area contributed by atoms with E-state index in [9.17, 15) is 23.2 Å². The van der Waals surface area contributed by atoms with Gasteiger partial charge in [0, 0.05) is 30.6 Å². The molecule has 11 heteroatoms. The van der Waals surface area contributed by atoms with Crippen molar-refractivity contribution >= 4 is 29.4 Å². The lowest BCUT2D eigenvalue weighted by Crippen LogP contribution is -2.64. The zero-order chi connectivity index (χ0) is 28.4. The Labute approximate surface area is 234 Å². The smallest absolute Gasteiger partial charge is 0.245 e. The average Bonchev–Trinajstić information content (AvgIpc) is 3.63. The first-order valence-corrected chi connectivity index (χ1v) is 13.8. The quantitative estimate of drug-likeness (QED) is 0.453. The number of hydrogen-bond donors (Lipinski definition) is 3. The third-order valence-electron chi connectivity index (χ3n) is 9.05. The summed E-state index contributed by atoms with van der Waals surface area (Å²) in [6.07, 6.45) is 7.31. The summed E-state index contributed by atoms with van der Waals surface area (Å²) in [5.74, 6) is -1.42. The Morgan fingerprint density at radius 2 is 1.80 bits per heavy atom. The highest BCUT2D eigenvalue weighted by atomic mass is 19.1. The van der Waals surface area contributed by atoms with Crippen molar-refractivity contribution in [2.75, 3.05) is 23.7 Å². The highest BCUT2D eigenvalue weighted by molar-refractivity contribution is 6.06. The van der Waals surface area contributed by atoms with Crippen molar-refractivity contribution in [1.29, 1.82) is 0 Å². The van der Waals surface area contributed by atoms with Gasteiger partial charge in [0.2, 0.25) is 17.7 Å². The predicted octanol–water partition coefficient (Wildman–Crippen LogP) is 3.17. The number of anilines is 2. The molecule has 2 atom stereocenters. The van der Waals surface area contributed by atoms with Crippen molar-refractivity contribution in [2.24, 2.45) is 0 Å². The maximum atomic E-state index is 14.1. The number of rotatable bonds is 4. The number of carbonyl (C=O) groups is 3. The van der Waals surface area contributed by atoms with Crippen LogP contribution in [0.15, 0.2) is 48.8 Å². The third-order valence-corrected chi connectivity index (χ3v) is 9.05. The van der Waals surface area contributed by atoms with Gasteiger partial charge in [0.05, 0.1) is 17.0 Å². The van der Waals surface area contributed by atoms with Gasteiger partial charge in [-0.1, -0.05) is 18.9 Å². The molecule has 4 heterocycles. The Hall–Kier alpha value is -4.25. The molecule has 0 radical (unpaired) electrons. The fourth-order valence-corrected chi connectivity index (χ4v) is 7.07. The number of nitrogens with one attached hydrogen (secondary N) is 3. The fraction of sp³-hybridized carbons (Fsp3) is 0.367. The number of amides is 3. The van der Waals surface area contributed by atoms with Crippen LogP contribution in [0.25, 0.3) is 0 Å². The fourth-order valence-electron chi connectivity index (χ4n) is 7.07. The molecule has 3 amide bonds. The third kappa shape index (κ3) is 4.18. The van der Waals surface area contributed by atoms with E-state index in [2.05, 4.69) is 25.9 Å². The molecule has 2 spiro atoms. The van der Waals surface area contributed by atoms with Gasteiger partial charge in [-0.15, -0.1) is 0 Å². The van der Waals surface area contributed by atoms with Gasteiger partial charge in [-0.3, -0.25) is 14.4 Å². The first kappa shape index (κ1) is 25.7. The van der Waals surface area contributed by atoms with Crippen LogP contribution in [-0.4, -0.2) is 51.2 Å². The summed E-state index contributed by atoms with van der Waals surface area (Å²) in [5.41, 5.74) is 1.43. The Morgan fingerprint density at radius 1 is 1.05 bits per heavy atom. The summed E-state index contributed by atoms with van der Waals surface area (Å²) < 4.78 is 28.2. The molecule has 2 unspecified atom stereocenters. The zero-order valence-electron chi connectivity index (χ0n) is 22.2. The van der Waals surface area contributed by atoms with Crippen molar-refractivity contribution in [3.8, 4) is 0 Å². The van der Waals surface area contributed by atoms with E-state index in [0.29, 0.717) is 37.3 Å². The topological polar surface area (TPSA) is 116 Å². The highest BCUT2D eigenvalue weighted by Gasteiger charge is 2.52. The number of nitrogens with zero attached hydrogens (tertiary/aromatic N) is 3. The second-order valence-electron chi connectivity index (χ2n) is 11.5. The van der Waals surface area contributed by atoms with Gasteiger partial charge in [0.15, 0.2) is 0 Å². The van der Waals surface area contributed by atoms with E-state index in [1.807, 2.05) is 12.1 Å². The first-order chi connectivity index (χ1) is 19.8. The number of carbonyl (C=O) groups excluding carboxylic acids is 3.